The number of nitrogens with zero attached hydrogens (tertiary/aromatic N) is 1. The van der Waals surface area contributed by atoms with Crippen LogP contribution in [0.5, 0.6) is 11.5 Å². The second-order valence-electron chi connectivity index (χ2n) is 7.23. The lowest BCUT2D eigenvalue weighted by Crippen LogP contribution is -2.41. The van der Waals surface area contributed by atoms with Crippen LogP contribution in [-0.2, 0) is 9.53 Å². The molecule has 1 N–H and O–H groups in total. The fraction of sp³-hybridized carbons (Fsp3) is 0.409. The fourth-order valence-corrected chi connectivity index (χ4v) is 3.25. The minimum absolute atomic E-state index is 0.0468. The number of carboxylic acids is 1. The molecule has 5 nitrogen and oxygen atoms in total. The molecule has 0 bridgehead atoms. The Bertz CT molecular complexity index is 787. The third kappa shape index (κ3) is 4.87. The molecule has 2 unspecified atom stereocenters. The van der Waals surface area contributed by atoms with E-state index in [0.29, 0.717) is 19.7 Å². The second kappa shape index (κ2) is 8.55. The Hall–Kier alpha value is -2.37. The van der Waals surface area contributed by atoms with Crippen LogP contribution in [0.1, 0.15) is 29.7 Å². The molecule has 5 heteroatoms. The van der Waals surface area contributed by atoms with Gasteiger partial charge in [0.25, 0.3) is 0 Å². The maximum Gasteiger partial charge on any atom is 0.307 e. The van der Waals surface area contributed by atoms with Gasteiger partial charge in [-0.25, -0.2) is 0 Å². The van der Waals surface area contributed by atoms with Crippen LogP contribution in [0.2, 0.25) is 0 Å². The van der Waals surface area contributed by atoms with E-state index in [-0.39, 0.29) is 12.0 Å². The van der Waals surface area contributed by atoms with Crippen LogP contribution in [0.3, 0.4) is 0 Å². The number of benzene rings is 2. The van der Waals surface area contributed by atoms with Gasteiger partial charge < -0.3 is 14.6 Å². The molecule has 1 saturated heterocycles. The SMILES string of the molecule is Cc1cccc(Oc2ccc(C3CN(CC(C)C(=O)O)CCO3)cc2)c1C. The van der Waals surface area contributed by atoms with Gasteiger partial charge in [0.05, 0.1) is 18.6 Å². The highest BCUT2D eigenvalue weighted by atomic mass is 16.5. The molecule has 0 radical (unpaired) electrons. The van der Waals surface area contributed by atoms with E-state index in [2.05, 4.69) is 24.8 Å². The zero-order valence-electron chi connectivity index (χ0n) is 16.1. The summed E-state index contributed by atoms with van der Waals surface area (Å²) in [6.45, 7) is 8.49. The lowest BCUT2D eigenvalue weighted by atomic mass is 10.1. The molecule has 0 aromatic heterocycles. The molecule has 1 heterocycles. The van der Waals surface area contributed by atoms with Crippen molar-refractivity contribution in [2.45, 2.75) is 26.9 Å². The van der Waals surface area contributed by atoms with E-state index in [1.165, 1.54) is 5.56 Å². The Kier molecular flexibility index (Phi) is 6.14. The third-order valence-electron chi connectivity index (χ3n) is 5.14. The van der Waals surface area contributed by atoms with Gasteiger partial charge in [-0.15, -0.1) is 0 Å². The zero-order valence-corrected chi connectivity index (χ0v) is 16.1. The second-order valence-corrected chi connectivity index (χ2v) is 7.23. The number of carbonyl (C=O) groups is 1. The number of hydrogen-bond donors (Lipinski definition) is 1. The van der Waals surface area contributed by atoms with E-state index in [0.717, 1.165) is 29.2 Å². The first-order valence-corrected chi connectivity index (χ1v) is 9.35. The van der Waals surface area contributed by atoms with Gasteiger partial charge in [0.15, 0.2) is 0 Å². The van der Waals surface area contributed by atoms with Crippen molar-refractivity contribution in [3.05, 3.63) is 59.2 Å². The minimum atomic E-state index is -0.758. The van der Waals surface area contributed by atoms with Gasteiger partial charge in [0, 0.05) is 19.6 Å². The first kappa shape index (κ1) is 19.4. The Labute approximate surface area is 160 Å². The van der Waals surface area contributed by atoms with Crippen LogP contribution >= 0.6 is 0 Å². The summed E-state index contributed by atoms with van der Waals surface area (Å²) in [7, 11) is 0. The van der Waals surface area contributed by atoms with E-state index in [1.807, 2.05) is 36.4 Å². The summed E-state index contributed by atoms with van der Waals surface area (Å²) in [5.41, 5.74) is 3.42. The van der Waals surface area contributed by atoms with Crippen molar-refractivity contribution in [2.75, 3.05) is 26.2 Å². The average Bonchev–Trinajstić information content (AvgIpc) is 2.66. The standard InChI is InChI=1S/C22H27NO4/c1-15-5-4-6-20(17(15)3)27-19-9-7-18(8-10-19)21-14-23(11-12-26-21)13-16(2)22(24)25/h4-10,16,21H,11-14H2,1-3H3,(H,24,25). The Morgan fingerprint density at radius 1 is 1.26 bits per heavy atom. The van der Waals surface area contributed by atoms with Gasteiger partial charge >= 0.3 is 5.97 Å². The minimum Gasteiger partial charge on any atom is -0.481 e. The van der Waals surface area contributed by atoms with Crippen molar-refractivity contribution in [3.63, 3.8) is 0 Å². The largest absolute Gasteiger partial charge is 0.481 e. The first-order valence-electron chi connectivity index (χ1n) is 9.35. The number of ether oxygens (including phenoxy) is 2. The predicted octanol–water partition coefficient (Wildman–Crippen LogP) is 4.19. The molecule has 144 valence electrons. The van der Waals surface area contributed by atoms with Gasteiger partial charge in [-0.3, -0.25) is 9.69 Å². The molecule has 1 fully saturated rings. The van der Waals surface area contributed by atoms with Crippen molar-refractivity contribution in [1.29, 1.82) is 0 Å². The van der Waals surface area contributed by atoms with Crippen LogP contribution in [0.15, 0.2) is 42.5 Å². The van der Waals surface area contributed by atoms with E-state index in [9.17, 15) is 4.79 Å². The van der Waals surface area contributed by atoms with Crippen molar-refractivity contribution in [3.8, 4) is 11.5 Å². The smallest absolute Gasteiger partial charge is 0.307 e. The maximum atomic E-state index is 11.1. The summed E-state index contributed by atoms with van der Waals surface area (Å²) in [6.07, 6.45) is -0.0468. The number of carboxylic acid groups (broad SMARTS) is 1. The van der Waals surface area contributed by atoms with Gasteiger partial charge in [-0.2, -0.15) is 0 Å². The van der Waals surface area contributed by atoms with E-state index in [1.54, 1.807) is 6.92 Å². The topological polar surface area (TPSA) is 59.0 Å². The number of hydrogen-bond acceptors (Lipinski definition) is 4. The highest BCUT2D eigenvalue weighted by Gasteiger charge is 2.24. The lowest BCUT2D eigenvalue weighted by molar-refractivity contribution is -0.142. The normalized spacial score (nSPS) is 18.9. The highest BCUT2D eigenvalue weighted by molar-refractivity contribution is 5.69. The highest BCUT2D eigenvalue weighted by Crippen LogP contribution is 2.29. The molecule has 0 amide bonds. The van der Waals surface area contributed by atoms with Crippen LogP contribution in [-0.4, -0.2) is 42.2 Å². The van der Waals surface area contributed by atoms with Crippen molar-refractivity contribution in [2.24, 2.45) is 5.92 Å². The van der Waals surface area contributed by atoms with Crippen LogP contribution in [0.25, 0.3) is 0 Å². The summed E-state index contributed by atoms with van der Waals surface area (Å²) in [4.78, 5) is 13.2. The molecule has 3 rings (SSSR count). The number of rotatable bonds is 6. The van der Waals surface area contributed by atoms with E-state index in [4.69, 9.17) is 14.6 Å². The zero-order chi connectivity index (χ0) is 19.4. The summed E-state index contributed by atoms with van der Waals surface area (Å²) in [6, 6.07) is 14.0. The van der Waals surface area contributed by atoms with Crippen LogP contribution < -0.4 is 4.74 Å². The Morgan fingerprint density at radius 2 is 2.00 bits per heavy atom. The Morgan fingerprint density at radius 3 is 2.70 bits per heavy atom. The molecule has 0 saturated carbocycles. The molecule has 0 spiro atoms. The van der Waals surface area contributed by atoms with Crippen molar-refractivity contribution in [1.82, 2.24) is 4.90 Å². The molecule has 27 heavy (non-hydrogen) atoms. The Balaban J connectivity index is 1.64. The van der Waals surface area contributed by atoms with Gasteiger partial charge in [0.2, 0.25) is 0 Å². The molecular weight excluding hydrogens is 342 g/mol. The van der Waals surface area contributed by atoms with Gasteiger partial charge in [0.1, 0.15) is 11.5 Å². The molecule has 1 aliphatic heterocycles. The quantitative estimate of drug-likeness (QED) is 0.827. The third-order valence-corrected chi connectivity index (χ3v) is 5.14. The van der Waals surface area contributed by atoms with Gasteiger partial charge in [-0.1, -0.05) is 31.2 Å². The molecule has 2 aromatic carbocycles. The summed E-state index contributed by atoms with van der Waals surface area (Å²) < 4.78 is 11.9. The summed E-state index contributed by atoms with van der Waals surface area (Å²) >= 11 is 0. The molecular formula is C22H27NO4. The predicted molar refractivity (Wildman–Crippen MR) is 104 cm³/mol. The van der Waals surface area contributed by atoms with Crippen LogP contribution in [0.4, 0.5) is 0 Å². The van der Waals surface area contributed by atoms with E-state index < -0.39 is 5.97 Å². The number of morpholine rings is 1. The lowest BCUT2D eigenvalue weighted by Gasteiger charge is -2.34. The maximum absolute atomic E-state index is 11.1. The number of aryl methyl sites for hydroxylation is 1. The first-order chi connectivity index (χ1) is 12.9. The average molecular weight is 369 g/mol. The van der Waals surface area contributed by atoms with Gasteiger partial charge in [-0.05, 0) is 48.7 Å². The summed E-state index contributed by atoms with van der Waals surface area (Å²) in [5, 5.41) is 9.11. The van der Waals surface area contributed by atoms with Crippen LogP contribution in [0, 0.1) is 19.8 Å². The van der Waals surface area contributed by atoms with Crippen molar-refractivity contribution < 1.29 is 19.4 Å². The molecule has 2 atom stereocenters. The monoisotopic (exact) mass is 369 g/mol. The number of aliphatic carboxylic acids is 1. The van der Waals surface area contributed by atoms with E-state index >= 15 is 0 Å². The summed E-state index contributed by atoms with van der Waals surface area (Å²) in [5.74, 6) is 0.521. The fourth-order valence-electron chi connectivity index (χ4n) is 3.25. The van der Waals surface area contributed by atoms with Crippen molar-refractivity contribution >= 4 is 5.97 Å². The molecule has 2 aromatic rings. The molecule has 1 aliphatic rings. The molecule has 0 aliphatic carbocycles.